The van der Waals surface area contributed by atoms with E-state index in [2.05, 4.69) is 25.6 Å². The molecule has 1 fully saturated rings. The Kier molecular flexibility index (Phi) is 5.69. The Morgan fingerprint density at radius 2 is 2.04 bits per heavy atom. The zero-order valence-corrected chi connectivity index (χ0v) is 17.3. The number of aromatic nitrogens is 1. The van der Waals surface area contributed by atoms with Gasteiger partial charge in [0, 0.05) is 17.6 Å². The van der Waals surface area contributed by atoms with Gasteiger partial charge in [-0.2, -0.15) is 0 Å². The van der Waals surface area contributed by atoms with Crippen LogP contribution in [0.15, 0.2) is 47.5 Å². The van der Waals surface area contributed by atoms with Gasteiger partial charge in [-0.05, 0) is 56.4 Å². The SMILES string of the molecule is CC(C)(NS(=O)(=O)c1cccc(OCC2CC2)c1)c1ccc(CBr)nc1. The first-order chi connectivity index (χ1) is 12.3. The lowest BCUT2D eigenvalue weighted by Gasteiger charge is -2.26. The second kappa shape index (κ2) is 7.66. The van der Waals surface area contributed by atoms with Crippen LogP contribution in [0.4, 0.5) is 0 Å². The van der Waals surface area contributed by atoms with Crippen LogP contribution in [-0.4, -0.2) is 20.0 Å². The van der Waals surface area contributed by atoms with E-state index < -0.39 is 15.6 Å². The summed E-state index contributed by atoms with van der Waals surface area (Å²) in [5, 5.41) is 0.660. The fourth-order valence-electron chi connectivity index (χ4n) is 2.56. The molecule has 140 valence electrons. The van der Waals surface area contributed by atoms with Gasteiger partial charge < -0.3 is 4.74 Å². The Morgan fingerprint density at radius 1 is 1.27 bits per heavy atom. The number of pyridine rings is 1. The minimum Gasteiger partial charge on any atom is -0.493 e. The molecular weight excluding hydrogens is 416 g/mol. The van der Waals surface area contributed by atoms with Crippen molar-refractivity contribution in [1.82, 2.24) is 9.71 Å². The number of sulfonamides is 1. The standard InChI is InChI=1S/C19H23BrN2O3S/c1-19(2,15-8-9-16(11-20)21-12-15)22-26(23,24)18-5-3-4-17(10-18)25-13-14-6-7-14/h3-5,8-10,12,14,22H,6-7,11,13H2,1-2H3. The molecule has 0 saturated heterocycles. The lowest BCUT2D eigenvalue weighted by molar-refractivity contribution is 0.299. The van der Waals surface area contributed by atoms with E-state index in [9.17, 15) is 8.42 Å². The van der Waals surface area contributed by atoms with E-state index in [1.54, 1.807) is 30.5 Å². The average molecular weight is 439 g/mol. The van der Waals surface area contributed by atoms with Crippen molar-refractivity contribution < 1.29 is 13.2 Å². The highest BCUT2D eigenvalue weighted by atomic mass is 79.9. The predicted molar refractivity (Wildman–Crippen MR) is 105 cm³/mol. The molecule has 1 aromatic heterocycles. The normalized spacial score (nSPS) is 15.0. The number of rotatable bonds is 8. The number of benzene rings is 1. The third kappa shape index (κ3) is 4.84. The summed E-state index contributed by atoms with van der Waals surface area (Å²) in [7, 11) is -3.69. The number of nitrogens with one attached hydrogen (secondary N) is 1. The number of alkyl halides is 1. The molecule has 1 heterocycles. The number of hydrogen-bond acceptors (Lipinski definition) is 4. The highest BCUT2D eigenvalue weighted by molar-refractivity contribution is 9.08. The van der Waals surface area contributed by atoms with E-state index >= 15 is 0 Å². The van der Waals surface area contributed by atoms with Crippen molar-refractivity contribution in [3.05, 3.63) is 53.9 Å². The molecule has 0 unspecified atom stereocenters. The zero-order chi connectivity index (χ0) is 18.8. The van der Waals surface area contributed by atoms with Crippen LogP contribution in [0.25, 0.3) is 0 Å². The summed E-state index contributed by atoms with van der Waals surface area (Å²) in [6.07, 6.45) is 4.08. The topological polar surface area (TPSA) is 68.3 Å². The van der Waals surface area contributed by atoms with E-state index in [-0.39, 0.29) is 4.90 Å². The quantitative estimate of drug-likeness (QED) is 0.632. The van der Waals surface area contributed by atoms with Crippen LogP contribution in [-0.2, 0) is 20.9 Å². The molecule has 1 aromatic carbocycles. The van der Waals surface area contributed by atoms with E-state index in [1.807, 2.05) is 26.0 Å². The third-order valence-electron chi connectivity index (χ3n) is 4.37. The summed E-state index contributed by atoms with van der Waals surface area (Å²) < 4.78 is 34.2. The van der Waals surface area contributed by atoms with Crippen molar-refractivity contribution in [2.24, 2.45) is 5.92 Å². The minimum absolute atomic E-state index is 0.198. The molecule has 0 aliphatic heterocycles. The second-order valence-corrected chi connectivity index (χ2v) is 9.37. The van der Waals surface area contributed by atoms with Crippen molar-refractivity contribution in [2.75, 3.05) is 6.61 Å². The highest BCUT2D eigenvalue weighted by Gasteiger charge is 2.29. The first-order valence-electron chi connectivity index (χ1n) is 8.58. The van der Waals surface area contributed by atoms with Crippen LogP contribution >= 0.6 is 15.9 Å². The summed E-state index contributed by atoms with van der Waals surface area (Å²) >= 11 is 3.36. The molecule has 0 radical (unpaired) electrons. The van der Waals surface area contributed by atoms with Crippen molar-refractivity contribution in [1.29, 1.82) is 0 Å². The number of ether oxygens (including phenoxy) is 1. The summed E-state index contributed by atoms with van der Waals surface area (Å²) in [5.41, 5.74) is 0.904. The average Bonchev–Trinajstić information content (AvgIpc) is 3.44. The molecule has 0 bridgehead atoms. The van der Waals surface area contributed by atoms with Gasteiger partial charge in [0.05, 0.1) is 22.7 Å². The van der Waals surface area contributed by atoms with Crippen molar-refractivity contribution in [3.63, 3.8) is 0 Å². The van der Waals surface area contributed by atoms with E-state index in [0.29, 0.717) is 23.6 Å². The smallest absolute Gasteiger partial charge is 0.241 e. The van der Waals surface area contributed by atoms with Gasteiger partial charge in [0.1, 0.15) is 5.75 Å². The van der Waals surface area contributed by atoms with Gasteiger partial charge in [-0.1, -0.05) is 28.1 Å². The summed E-state index contributed by atoms with van der Waals surface area (Å²) in [6, 6.07) is 10.4. The van der Waals surface area contributed by atoms with Crippen LogP contribution in [0.5, 0.6) is 5.75 Å². The Morgan fingerprint density at radius 3 is 2.65 bits per heavy atom. The molecule has 7 heteroatoms. The summed E-state index contributed by atoms with van der Waals surface area (Å²) in [4.78, 5) is 4.52. The van der Waals surface area contributed by atoms with Gasteiger partial charge in [0.25, 0.3) is 0 Å². The Labute approximate surface area is 163 Å². The highest BCUT2D eigenvalue weighted by Crippen LogP contribution is 2.30. The first kappa shape index (κ1) is 19.3. The maximum Gasteiger partial charge on any atom is 0.241 e. The summed E-state index contributed by atoms with van der Waals surface area (Å²) in [5.74, 6) is 1.20. The molecule has 3 rings (SSSR count). The molecule has 0 atom stereocenters. The lowest BCUT2D eigenvalue weighted by atomic mass is 9.97. The van der Waals surface area contributed by atoms with Crippen molar-refractivity contribution >= 4 is 26.0 Å². The van der Waals surface area contributed by atoms with Crippen LogP contribution in [0.2, 0.25) is 0 Å². The fourth-order valence-corrected chi connectivity index (χ4v) is 4.33. The Balaban J connectivity index is 1.76. The zero-order valence-electron chi connectivity index (χ0n) is 14.9. The second-order valence-electron chi connectivity index (χ2n) is 7.13. The lowest BCUT2D eigenvalue weighted by Crippen LogP contribution is -2.41. The van der Waals surface area contributed by atoms with Crippen LogP contribution in [0.3, 0.4) is 0 Å². The Bertz CT molecular complexity index is 863. The summed E-state index contributed by atoms with van der Waals surface area (Å²) in [6.45, 7) is 4.29. The van der Waals surface area contributed by atoms with Gasteiger partial charge in [0.2, 0.25) is 10.0 Å². The van der Waals surface area contributed by atoms with Crippen LogP contribution in [0.1, 0.15) is 37.9 Å². The molecule has 1 N–H and O–H groups in total. The fraction of sp³-hybridized carbons (Fsp3) is 0.421. The maximum absolute atomic E-state index is 12.9. The Hall–Kier alpha value is -1.44. The van der Waals surface area contributed by atoms with Crippen molar-refractivity contribution in [3.8, 4) is 5.75 Å². The minimum atomic E-state index is -3.69. The predicted octanol–water partition coefficient (Wildman–Crippen LogP) is 3.98. The number of hydrogen-bond donors (Lipinski definition) is 1. The molecule has 0 spiro atoms. The molecule has 26 heavy (non-hydrogen) atoms. The third-order valence-corrected chi connectivity index (χ3v) is 6.60. The monoisotopic (exact) mass is 438 g/mol. The molecule has 1 aliphatic rings. The van der Waals surface area contributed by atoms with Gasteiger partial charge >= 0.3 is 0 Å². The van der Waals surface area contributed by atoms with Gasteiger partial charge in [0.15, 0.2) is 0 Å². The van der Waals surface area contributed by atoms with Gasteiger partial charge in [-0.15, -0.1) is 0 Å². The van der Waals surface area contributed by atoms with E-state index in [0.717, 1.165) is 11.3 Å². The first-order valence-corrected chi connectivity index (χ1v) is 11.2. The van der Waals surface area contributed by atoms with Crippen LogP contribution in [0, 0.1) is 5.92 Å². The van der Waals surface area contributed by atoms with E-state index in [4.69, 9.17) is 4.74 Å². The van der Waals surface area contributed by atoms with Gasteiger partial charge in [-0.25, -0.2) is 13.1 Å². The molecule has 1 saturated carbocycles. The molecule has 2 aromatic rings. The molecule has 1 aliphatic carbocycles. The maximum atomic E-state index is 12.9. The van der Waals surface area contributed by atoms with Crippen molar-refractivity contribution in [2.45, 2.75) is 42.5 Å². The number of halogens is 1. The molecule has 5 nitrogen and oxygen atoms in total. The molecular formula is C19H23BrN2O3S. The van der Waals surface area contributed by atoms with E-state index in [1.165, 1.54) is 12.8 Å². The molecule has 0 amide bonds. The largest absolute Gasteiger partial charge is 0.493 e. The van der Waals surface area contributed by atoms with Crippen LogP contribution < -0.4 is 9.46 Å². The van der Waals surface area contributed by atoms with Gasteiger partial charge in [-0.3, -0.25) is 4.98 Å². The number of nitrogens with zero attached hydrogens (tertiary/aromatic N) is 1.